The number of piperidine rings is 1. The van der Waals surface area contributed by atoms with Crippen LogP contribution in [0.3, 0.4) is 0 Å². The van der Waals surface area contributed by atoms with Crippen molar-refractivity contribution in [2.24, 2.45) is 5.92 Å². The van der Waals surface area contributed by atoms with Gasteiger partial charge in [-0.25, -0.2) is 9.97 Å². The van der Waals surface area contributed by atoms with Gasteiger partial charge in [0, 0.05) is 18.8 Å². The molecule has 1 N–H and O–H groups in total. The van der Waals surface area contributed by atoms with Crippen LogP contribution >= 0.6 is 0 Å². The van der Waals surface area contributed by atoms with E-state index in [2.05, 4.69) is 45.6 Å². The average molecular weight is 418 g/mol. The summed E-state index contributed by atoms with van der Waals surface area (Å²) in [7, 11) is 0. The van der Waals surface area contributed by atoms with Crippen molar-refractivity contribution in [1.82, 2.24) is 9.97 Å². The Labute approximate surface area is 182 Å². The van der Waals surface area contributed by atoms with E-state index in [0.717, 1.165) is 49.2 Å². The lowest BCUT2D eigenvalue weighted by molar-refractivity contribution is -0.383. The maximum absolute atomic E-state index is 12.0. The molecule has 2 heterocycles. The van der Waals surface area contributed by atoms with Gasteiger partial charge in [0.25, 0.3) is 0 Å². The van der Waals surface area contributed by atoms with Crippen LogP contribution in [0.25, 0.3) is 0 Å². The fourth-order valence-electron chi connectivity index (χ4n) is 4.34. The van der Waals surface area contributed by atoms with Gasteiger partial charge in [-0.05, 0) is 67.9 Å². The second-order valence-electron chi connectivity index (χ2n) is 8.27. The third-order valence-electron chi connectivity index (χ3n) is 5.75. The summed E-state index contributed by atoms with van der Waals surface area (Å²) in [5.74, 6) is 1.20. The van der Waals surface area contributed by atoms with E-state index in [-0.39, 0.29) is 16.4 Å². The number of aryl methyl sites for hydroxylation is 2. The Morgan fingerprint density at radius 2 is 1.74 bits per heavy atom. The van der Waals surface area contributed by atoms with Crippen LogP contribution in [0.15, 0.2) is 54.9 Å². The highest BCUT2D eigenvalue weighted by molar-refractivity contribution is 5.74. The normalized spacial score (nSPS) is 14.5. The molecule has 1 aromatic heterocycles. The molecule has 3 aromatic rings. The van der Waals surface area contributed by atoms with Crippen LogP contribution in [-0.2, 0) is 6.42 Å². The Hall–Kier alpha value is -3.48. The second kappa shape index (κ2) is 9.12. The van der Waals surface area contributed by atoms with Gasteiger partial charge in [-0.1, -0.05) is 36.4 Å². The number of aromatic nitrogens is 2. The summed E-state index contributed by atoms with van der Waals surface area (Å²) in [4.78, 5) is 22.1. The monoisotopic (exact) mass is 417 g/mol. The molecule has 0 radical (unpaired) electrons. The predicted octanol–water partition coefficient (Wildman–Crippen LogP) is 5.20. The van der Waals surface area contributed by atoms with E-state index in [0.29, 0.717) is 11.7 Å². The van der Waals surface area contributed by atoms with Crippen LogP contribution in [0.4, 0.5) is 23.0 Å². The number of rotatable bonds is 6. The summed E-state index contributed by atoms with van der Waals surface area (Å²) >= 11 is 0. The van der Waals surface area contributed by atoms with E-state index >= 15 is 0 Å². The van der Waals surface area contributed by atoms with Gasteiger partial charge in [-0.3, -0.25) is 10.1 Å². The first-order valence-corrected chi connectivity index (χ1v) is 10.6. The molecule has 31 heavy (non-hydrogen) atoms. The van der Waals surface area contributed by atoms with E-state index in [1.54, 1.807) is 0 Å². The molecule has 7 nitrogen and oxygen atoms in total. The lowest BCUT2D eigenvalue weighted by atomic mass is 9.90. The molecule has 7 heteroatoms. The lowest BCUT2D eigenvalue weighted by Crippen LogP contribution is -2.35. The Kier molecular flexibility index (Phi) is 6.11. The smallest absolute Gasteiger partial charge is 0.351 e. The number of nitrogens with zero attached hydrogens (tertiary/aromatic N) is 4. The van der Waals surface area contributed by atoms with E-state index < -0.39 is 0 Å². The minimum absolute atomic E-state index is 0.0665. The Balaban J connectivity index is 1.52. The predicted molar refractivity (Wildman–Crippen MR) is 123 cm³/mol. The van der Waals surface area contributed by atoms with Crippen LogP contribution in [0.5, 0.6) is 0 Å². The molecule has 1 aliphatic rings. The molecular formula is C24H27N5O2. The molecule has 4 rings (SSSR count). The lowest BCUT2D eigenvalue weighted by Gasteiger charge is -2.32. The molecule has 0 amide bonds. The van der Waals surface area contributed by atoms with E-state index in [9.17, 15) is 10.1 Å². The summed E-state index contributed by atoms with van der Waals surface area (Å²) in [6.45, 7) is 5.49. The van der Waals surface area contributed by atoms with Gasteiger partial charge in [0.2, 0.25) is 11.6 Å². The van der Waals surface area contributed by atoms with Crippen molar-refractivity contribution in [1.29, 1.82) is 0 Å². The summed E-state index contributed by atoms with van der Waals surface area (Å²) in [5.41, 5.74) is 4.23. The number of anilines is 3. The molecule has 0 aliphatic carbocycles. The number of nitro groups is 1. The van der Waals surface area contributed by atoms with Gasteiger partial charge in [0.05, 0.1) is 4.92 Å². The average Bonchev–Trinajstić information content (AvgIpc) is 2.74. The van der Waals surface area contributed by atoms with Gasteiger partial charge < -0.3 is 10.2 Å². The molecule has 0 atom stereocenters. The molecule has 0 spiro atoms. The van der Waals surface area contributed by atoms with Gasteiger partial charge in [-0.15, -0.1) is 0 Å². The maximum Gasteiger partial charge on any atom is 0.353 e. The minimum atomic E-state index is -0.379. The van der Waals surface area contributed by atoms with Crippen molar-refractivity contribution in [2.45, 2.75) is 33.1 Å². The molecule has 0 unspecified atom stereocenters. The summed E-state index contributed by atoms with van der Waals surface area (Å²) in [5, 5.41) is 15.1. The first-order chi connectivity index (χ1) is 15.0. The van der Waals surface area contributed by atoms with Gasteiger partial charge in [0.15, 0.2) is 0 Å². The standard InChI is InChI=1S/C24H27N5O2/c1-17-12-18(2)14-21(13-17)27-23-22(29(30)31)24(26-16-25-23)28-10-8-20(9-11-28)15-19-6-4-3-5-7-19/h3-7,12-14,16,20H,8-11,15H2,1-2H3,(H,25,26,27). The number of benzene rings is 2. The second-order valence-corrected chi connectivity index (χ2v) is 8.27. The highest BCUT2D eigenvalue weighted by Gasteiger charge is 2.30. The van der Waals surface area contributed by atoms with E-state index in [1.807, 2.05) is 36.9 Å². The Bertz CT molecular complexity index is 1040. The SMILES string of the molecule is Cc1cc(C)cc(Nc2ncnc(N3CCC(Cc4ccccc4)CC3)c2[N+](=O)[O-])c1. The van der Waals surface area contributed by atoms with E-state index in [1.165, 1.54) is 11.9 Å². The zero-order valence-electron chi connectivity index (χ0n) is 17.9. The largest absolute Gasteiger partial charge is 0.353 e. The molecule has 1 fully saturated rings. The Morgan fingerprint density at radius 3 is 2.39 bits per heavy atom. The highest BCUT2D eigenvalue weighted by atomic mass is 16.6. The van der Waals surface area contributed by atoms with Crippen molar-refractivity contribution in [3.63, 3.8) is 0 Å². The van der Waals surface area contributed by atoms with Crippen LogP contribution in [0.1, 0.15) is 29.5 Å². The van der Waals surface area contributed by atoms with Crippen LogP contribution < -0.4 is 10.2 Å². The third-order valence-corrected chi connectivity index (χ3v) is 5.75. The van der Waals surface area contributed by atoms with Crippen molar-refractivity contribution >= 4 is 23.0 Å². The molecule has 1 aliphatic heterocycles. The van der Waals surface area contributed by atoms with Crippen molar-refractivity contribution < 1.29 is 4.92 Å². The topological polar surface area (TPSA) is 84.2 Å². The molecule has 0 saturated carbocycles. The van der Waals surface area contributed by atoms with Crippen molar-refractivity contribution in [3.8, 4) is 0 Å². The number of hydrogen-bond donors (Lipinski definition) is 1. The zero-order chi connectivity index (χ0) is 21.8. The molecule has 2 aromatic carbocycles. The van der Waals surface area contributed by atoms with Gasteiger partial charge in [0.1, 0.15) is 6.33 Å². The summed E-state index contributed by atoms with van der Waals surface area (Å²) in [6, 6.07) is 16.5. The third kappa shape index (κ3) is 4.99. The van der Waals surface area contributed by atoms with Gasteiger partial charge >= 0.3 is 5.69 Å². The Morgan fingerprint density at radius 1 is 1.06 bits per heavy atom. The highest BCUT2D eigenvalue weighted by Crippen LogP contribution is 2.36. The molecule has 0 bridgehead atoms. The molecule has 160 valence electrons. The number of hydrogen-bond acceptors (Lipinski definition) is 6. The van der Waals surface area contributed by atoms with Crippen LogP contribution in [0, 0.1) is 29.9 Å². The fraction of sp³-hybridized carbons (Fsp3) is 0.333. The number of nitrogens with one attached hydrogen (secondary N) is 1. The minimum Gasteiger partial charge on any atom is -0.351 e. The van der Waals surface area contributed by atoms with Crippen LogP contribution in [-0.4, -0.2) is 28.0 Å². The molecule has 1 saturated heterocycles. The summed E-state index contributed by atoms with van der Waals surface area (Å²) < 4.78 is 0. The van der Waals surface area contributed by atoms with Crippen LogP contribution in [0.2, 0.25) is 0 Å². The van der Waals surface area contributed by atoms with Crippen molar-refractivity contribution in [2.75, 3.05) is 23.3 Å². The van der Waals surface area contributed by atoms with E-state index in [4.69, 9.17) is 0 Å². The molecular weight excluding hydrogens is 390 g/mol. The maximum atomic E-state index is 12.0. The first kappa shape index (κ1) is 20.8. The first-order valence-electron chi connectivity index (χ1n) is 10.6. The van der Waals surface area contributed by atoms with Crippen molar-refractivity contribution in [3.05, 3.63) is 81.7 Å². The zero-order valence-corrected chi connectivity index (χ0v) is 17.9. The summed E-state index contributed by atoms with van der Waals surface area (Å²) in [6.07, 6.45) is 4.41. The van der Waals surface area contributed by atoms with Gasteiger partial charge in [-0.2, -0.15) is 0 Å². The fourth-order valence-corrected chi connectivity index (χ4v) is 4.34. The quantitative estimate of drug-likeness (QED) is 0.438.